The molecule has 0 aromatic carbocycles. The Hall–Kier alpha value is -2.03. The highest BCUT2D eigenvalue weighted by Crippen LogP contribution is 2.06. The van der Waals surface area contributed by atoms with Crippen molar-refractivity contribution in [2.24, 2.45) is 10.9 Å². The van der Waals surface area contributed by atoms with Crippen molar-refractivity contribution >= 4 is 35.1 Å². The summed E-state index contributed by atoms with van der Waals surface area (Å²) in [5.41, 5.74) is -0.440. The van der Waals surface area contributed by atoms with E-state index in [0.717, 1.165) is 52.4 Å². The molecule has 13 nitrogen and oxygen atoms in total. The maximum Gasteiger partial charge on any atom is 0.220 e. The number of hydrogen-bond donors (Lipinski definition) is 9. The van der Waals surface area contributed by atoms with Gasteiger partial charge >= 0.3 is 0 Å². The van der Waals surface area contributed by atoms with E-state index >= 15 is 0 Å². The molecule has 3 fully saturated rings. The number of nitrogens with zero attached hydrogens (tertiary/aromatic N) is 1. The van der Waals surface area contributed by atoms with Crippen LogP contribution in [0.25, 0.3) is 0 Å². The number of carbonyl (C=O) groups is 3. The summed E-state index contributed by atoms with van der Waals surface area (Å²) < 4.78 is 0. The Labute approximate surface area is 244 Å². The van der Waals surface area contributed by atoms with Crippen LogP contribution in [0.4, 0.5) is 0 Å². The van der Waals surface area contributed by atoms with Crippen LogP contribution in [0.5, 0.6) is 0 Å². The molecule has 0 saturated carbocycles. The molecule has 40 heavy (non-hydrogen) atoms. The molecule has 0 spiro atoms. The van der Waals surface area contributed by atoms with Crippen LogP contribution in [0.2, 0.25) is 0 Å². The number of fused-ring (bicyclic) bond motifs is 16. The van der Waals surface area contributed by atoms with Crippen LogP contribution < -0.4 is 47.9 Å². The average molecular weight is 583 g/mol. The van der Waals surface area contributed by atoms with E-state index in [0.29, 0.717) is 65.0 Å². The summed E-state index contributed by atoms with van der Waals surface area (Å²) in [5.74, 6) is 0.0242. The van der Waals surface area contributed by atoms with Gasteiger partial charge in [-0.2, -0.15) is 0 Å². The lowest BCUT2D eigenvalue weighted by atomic mass is 9.98. The van der Waals surface area contributed by atoms with Crippen molar-refractivity contribution in [1.29, 1.82) is 0 Å². The Morgan fingerprint density at radius 3 is 1.95 bits per heavy atom. The maximum atomic E-state index is 12.9. The zero-order valence-electron chi connectivity index (χ0n) is 24.0. The van der Waals surface area contributed by atoms with Gasteiger partial charge in [0.15, 0.2) is 0 Å². The summed E-state index contributed by atoms with van der Waals surface area (Å²) in [4.78, 5) is 40.8. The minimum Gasteiger partial charge on any atom is -0.356 e. The summed E-state index contributed by atoms with van der Waals surface area (Å²) in [7, 11) is 0. The largest absolute Gasteiger partial charge is 0.356 e. The van der Waals surface area contributed by atoms with Gasteiger partial charge in [0.25, 0.3) is 0 Å². The normalized spacial score (nSPS) is 25.3. The average Bonchev–Trinajstić information content (AvgIpc) is 2.92. The first-order valence-corrected chi connectivity index (χ1v) is 15.0. The molecule has 2 bridgehead atoms. The van der Waals surface area contributed by atoms with Gasteiger partial charge in [0, 0.05) is 117 Å². The molecular weight excluding hydrogens is 532 g/mol. The third-order valence-corrected chi connectivity index (χ3v) is 7.13. The Kier molecular flexibility index (Phi) is 17.8. The lowest BCUT2D eigenvalue weighted by molar-refractivity contribution is -0.123. The second-order valence-corrected chi connectivity index (χ2v) is 10.8. The number of aliphatic imine (C=N–C) groups is 1. The summed E-state index contributed by atoms with van der Waals surface area (Å²) in [6, 6.07) is -0.0716. The van der Waals surface area contributed by atoms with Crippen LogP contribution in [0.3, 0.4) is 0 Å². The highest BCUT2D eigenvalue weighted by atomic mass is 32.1. The molecule has 3 aliphatic heterocycles. The first kappa shape index (κ1) is 34.2. The molecule has 0 radical (unpaired) electrons. The third-order valence-electron chi connectivity index (χ3n) is 7.00. The topological polar surface area (TPSA) is 172 Å². The van der Waals surface area contributed by atoms with Gasteiger partial charge in [-0.25, -0.2) is 4.99 Å². The number of isothiocyanates is 1. The minimum absolute atomic E-state index is 0.0442. The minimum atomic E-state index is -0.440. The fourth-order valence-corrected chi connectivity index (χ4v) is 5.03. The van der Waals surface area contributed by atoms with Gasteiger partial charge in [-0.05, 0) is 25.1 Å². The van der Waals surface area contributed by atoms with E-state index in [2.05, 4.69) is 70.2 Å². The van der Waals surface area contributed by atoms with Gasteiger partial charge < -0.3 is 47.9 Å². The van der Waals surface area contributed by atoms with Crippen molar-refractivity contribution < 1.29 is 14.4 Å². The lowest BCUT2D eigenvalue weighted by Gasteiger charge is -2.36. The van der Waals surface area contributed by atoms with Crippen LogP contribution in [0, 0.1) is 5.92 Å². The van der Waals surface area contributed by atoms with Crippen molar-refractivity contribution in [3.63, 3.8) is 0 Å². The van der Waals surface area contributed by atoms with Gasteiger partial charge in [-0.3, -0.25) is 14.4 Å². The number of carbonyl (C=O) groups excluding carboxylic acids is 3. The van der Waals surface area contributed by atoms with Gasteiger partial charge in [-0.1, -0.05) is 0 Å². The van der Waals surface area contributed by atoms with Crippen molar-refractivity contribution in [1.82, 2.24) is 47.9 Å². The summed E-state index contributed by atoms with van der Waals surface area (Å²) in [5, 5.41) is 32.7. The van der Waals surface area contributed by atoms with E-state index in [1.165, 1.54) is 0 Å². The standard InChI is InChI=1S/C26H50N10O3S/c1-21(37)36-26-17-30-11-8-27-14-22(15-28-9-12-31-18-26)23(16-29-10-13-32-19-26)35-25(39)5-2-4-24(38)34-7-3-6-33-20-40/h22-23,27-32H,2-19H2,1H3,(H,34,38)(H,35,39)(H,36,37)/t22?,23-,26?/m0/s1. The quantitative estimate of drug-likeness (QED) is 0.0750. The molecule has 3 aliphatic rings. The fourth-order valence-electron chi connectivity index (χ4n) is 4.94. The van der Waals surface area contributed by atoms with Crippen LogP contribution in [0.1, 0.15) is 32.6 Å². The molecule has 9 N–H and O–H groups in total. The molecule has 0 aromatic rings. The number of rotatable bonds is 10. The number of amides is 3. The summed E-state index contributed by atoms with van der Waals surface area (Å²) in [6.45, 7) is 11.2. The van der Waals surface area contributed by atoms with Crippen molar-refractivity contribution in [2.45, 2.75) is 44.2 Å². The first-order valence-electron chi connectivity index (χ1n) is 14.6. The van der Waals surface area contributed by atoms with E-state index < -0.39 is 5.54 Å². The molecule has 3 heterocycles. The molecule has 3 saturated heterocycles. The second kappa shape index (κ2) is 20.8. The summed E-state index contributed by atoms with van der Waals surface area (Å²) >= 11 is 4.53. The Bertz CT molecular complexity index is 796. The monoisotopic (exact) mass is 582 g/mol. The Balaban J connectivity index is 1.95. The smallest absolute Gasteiger partial charge is 0.220 e. The van der Waals surface area contributed by atoms with Gasteiger partial charge in [0.2, 0.25) is 17.7 Å². The van der Waals surface area contributed by atoms with Gasteiger partial charge in [0.1, 0.15) is 0 Å². The SMILES string of the molecule is CC(=O)NC12CNCCNCC(CNCCNC1)[C@@H](NC(=O)CCCC(=O)NCCCN=C=S)CNCCNC2. The highest BCUT2D eigenvalue weighted by Gasteiger charge is 2.30. The Morgan fingerprint density at radius 1 is 0.825 bits per heavy atom. The van der Waals surface area contributed by atoms with Gasteiger partial charge in [0.05, 0.1) is 17.2 Å². The predicted octanol–water partition coefficient (Wildman–Crippen LogP) is -2.69. The predicted molar refractivity (Wildman–Crippen MR) is 161 cm³/mol. The second-order valence-electron chi connectivity index (χ2n) is 10.6. The van der Waals surface area contributed by atoms with Crippen LogP contribution in [-0.4, -0.2) is 126 Å². The summed E-state index contributed by atoms with van der Waals surface area (Å²) in [6.07, 6.45) is 1.82. The van der Waals surface area contributed by atoms with Crippen molar-refractivity contribution in [2.75, 3.05) is 91.6 Å². The van der Waals surface area contributed by atoms with E-state index in [-0.39, 0.29) is 29.7 Å². The molecule has 3 rings (SSSR count). The molecule has 0 unspecified atom stereocenters. The number of nitrogens with one attached hydrogen (secondary N) is 9. The molecule has 14 heteroatoms. The van der Waals surface area contributed by atoms with E-state index in [1.807, 2.05) is 0 Å². The zero-order valence-corrected chi connectivity index (χ0v) is 24.8. The molecule has 0 aliphatic carbocycles. The molecular formula is C26H50N10O3S. The third kappa shape index (κ3) is 15.1. The van der Waals surface area contributed by atoms with Crippen molar-refractivity contribution in [3.05, 3.63) is 0 Å². The molecule has 1 atom stereocenters. The van der Waals surface area contributed by atoms with Crippen LogP contribution in [-0.2, 0) is 14.4 Å². The number of hydrogen-bond acceptors (Lipinski definition) is 11. The maximum absolute atomic E-state index is 12.9. The Morgan fingerprint density at radius 2 is 1.38 bits per heavy atom. The zero-order chi connectivity index (χ0) is 28.9. The van der Waals surface area contributed by atoms with Gasteiger partial charge in [-0.15, -0.1) is 0 Å². The molecule has 3 amide bonds. The van der Waals surface area contributed by atoms with Crippen molar-refractivity contribution in [3.8, 4) is 0 Å². The number of thiocarbonyl (C=S) groups is 1. The molecule has 228 valence electrons. The molecule has 0 aromatic heterocycles. The lowest BCUT2D eigenvalue weighted by Crippen LogP contribution is -2.65. The fraction of sp³-hybridized carbons (Fsp3) is 0.846. The first-order chi connectivity index (χ1) is 19.4. The van der Waals surface area contributed by atoms with E-state index in [9.17, 15) is 14.4 Å². The van der Waals surface area contributed by atoms with E-state index in [4.69, 9.17) is 0 Å². The van der Waals surface area contributed by atoms with Crippen LogP contribution in [0.15, 0.2) is 4.99 Å². The van der Waals surface area contributed by atoms with E-state index in [1.54, 1.807) is 6.92 Å². The highest BCUT2D eigenvalue weighted by molar-refractivity contribution is 7.78. The van der Waals surface area contributed by atoms with Crippen LogP contribution >= 0.6 is 12.2 Å².